The van der Waals surface area contributed by atoms with E-state index in [1.165, 1.54) is 31.4 Å². The normalized spacial score (nSPS) is 11.2. The summed E-state index contributed by atoms with van der Waals surface area (Å²) in [6, 6.07) is 6.22. The summed E-state index contributed by atoms with van der Waals surface area (Å²) < 4.78 is 6.87. The van der Waals surface area contributed by atoms with Crippen molar-refractivity contribution >= 4 is 11.0 Å². The molecule has 2 heterocycles. The number of hydrogen-bond donors (Lipinski definition) is 1. The minimum Gasteiger partial charge on any atom is -0.508 e. The Hall–Kier alpha value is -2.63. The van der Waals surface area contributed by atoms with Crippen LogP contribution in [0, 0.1) is 0 Å². The van der Waals surface area contributed by atoms with Gasteiger partial charge >= 0.3 is 5.63 Å². The van der Waals surface area contributed by atoms with E-state index in [0.29, 0.717) is 12.1 Å². The standard InChI is InChI=1S/C18H21N3O3/c1-2-3-4-5-6-14-12-21(20-19-14)11-13-9-18(23)24-17-10-15(22)7-8-16(13)17/h7-10,12,22H,2-6,11H2,1H3. The van der Waals surface area contributed by atoms with Gasteiger partial charge in [-0.15, -0.1) is 5.10 Å². The lowest BCUT2D eigenvalue weighted by Gasteiger charge is -2.05. The number of hydrogen-bond acceptors (Lipinski definition) is 5. The maximum absolute atomic E-state index is 11.7. The average molecular weight is 327 g/mol. The fraction of sp³-hybridized carbons (Fsp3) is 0.389. The van der Waals surface area contributed by atoms with Crippen LogP contribution in [0.4, 0.5) is 0 Å². The number of unbranched alkanes of at least 4 members (excludes halogenated alkanes) is 3. The Balaban J connectivity index is 1.78. The number of nitrogens with zero attached hydrogens (tertiary/aromatic N) is 3. The van der Waals surface area contributed by atoms with Gasteiger partial charge in [-0.2, -0.15) is 0 Å². The second-order valence-electron chi connectivity index (χ2n) is 5.99. The first-order chi connectivity index (χ1) is 11.7. The van der Waals surface area contributed by atoms with Gasteiger partial charge in [-0.1, -0.05) is 31.4 Å². The van der Waals surface area contributed by atoms with Gasteiger partial charge in [0, 0.05) is 23.7 Å². The molecule has 0 aliphatic rings. The molecule has 126 valence electrons. The van der Waals surface area contributed by atoms with Crippen LogP contribution in [0.15, 0.2) is 39.7 Å². The molecule has 24 heavy (non-hydrogen) atoms. The van der Waals surface area contributed by atoms with Crippen molar-refractivity contribution < 1.29 is 9.52 Å². The summed E-state index contributed by atoms with van der Waals surface area (Å²) in [5.41, 5.74) is 1.69. The van der Waals surface area contributed by atoms with Crippen molar-refractivity contribution in [1.29, 1.82) is 0 Å². The van der Waals surface area contributed by atoms with Gasteiger partial charge < -0.3 is 9.52 Å². The molecule has 1 aromatic carbocycles. The minimum absolute atomic E-state index is 0.0675. The molecule has 0 saturated heterocycles. The SMILES string of the molecule is CCCCCCc1cn(Cc2cc(=O)oc3cc(O)ccc23)nn1. The molecule has 3 rings (SSSR count). The van der Waals surface area contributed by atoms with Crippen LogP contribution in [0.5, 0.6) is 5.75 Å². The van der Waals surface area contributed by atoms with Gasteiger partial charge in [0.1, 0.15) is 11.3 Å². The van der Waals surface area contributed by atoms with Gasteiger partial charge in [0.15, 0.2) is 0 Å². The van der Waals surface area contributed by atoms with Crippen molar-refractivity contribution in [3.63, 3.8) is 0 Å². The third-order valence-electron chi connectivity index (χ3n) is 4.02. The number of benzene rings is 1. The quantitative estimate of drug-likeness (QED) is 0.532. The van der Waals surface area contributed by atoms with Gasteiger partial charge in [-0.3, -0.25) is 0 Å². The topological polar surface area (TPSA) is 81.2 Å². The zero-order chi connectivity index (χ0) is 16.9. The highest BCUT2D eigenvalue weighted by Gasteiger charge is 2.09. The molecule has 1 N–H and O–H groups in total. The van der Waals surface area contributed by atoms with Crippen molar-refractivity contribution in [1.82, 2.24) is 15.0 Å². The molecular weight excluding hydrogens is 306 g/mol. The van der Waals surface area contributed by atoms with Crippen LogP contribution >= 0.6 is 0 Å². The molecule has 0 unspecified atom stereocenters. The first kappa shape index (κ1) is 16.2. The molecular formula is C18H21N3O3. The molecule has 0 saturated carbocycles. The molecule has 6 heteroatoms. The highest BCUT2D eigenvalue weighted by Crippen LogP contribution is 2.22. The van der Waals surface area contributed by atoms with Crippen molar-refractivity contribution in [2.45, 2.75) is 45.6 Å². The second kappa shape index (κ2) is 7.29. The van der Waals surface area contributed by atoms with Gasteiger partial charge in [-0.05, 0) is 30.5 Å². The van der Waals surface area contributed by atoms with Crippen LogP contribution in [-0.4, -0.2) is 20.1 Å². The molecule has 0 bridgehead atoms. The van der Waals surface area contributed by atoms with E-state index in [4.69, 9.17) is 4.42 Å². The summed E-state index contributed by atoms with van der Waals surface area (Å²) >= 11 is 0. The van der Waals surface area contributed by atoms with E-state index in [-0.39, 0.29) is 5.75 Å². The Morgan fingerprint density at radius 2 is 2.08 bits per heavy atom. The lowest BCUT2D eigenvalue weighted by molar-refractivity contribution is 0.473. The van der Waals surface area contributed by atoms with Crippen molar-refractivity contribution in [3.8, 4) is 5.75 Å². The fourth-order valence-electron chi connectivity index (χ4n) is 2.79. The average Bonchev–Trinajstić information content (AvgIpc) is 2.98. The van der Waals surface area contributed by atoms with E-state index in [2.05, 4.69) is 17.2 Å². The maximum atomic E-state index is 11.7. The van der Waals surface area contributed by atoms with Crippen LogP contribution in [-0.2, 0) is 13.0 Å². The Bertz CT molecular complexity index is 883. The molecule has 2 aromatic heterocycles. The van der Waals surface area contributed by atoms with Crippen LogP contribution in [0.2, 0.25) is 0 Å². The maximum Gasteiger partial charge on any atom is 0.336 e. The molecule has 0 atom stereocenters. The Morgan fingerprint density at radius 1 is 1.21 bits per heavy atom. The molecule has 0 aliphatic carbocycles. The first-order valence-corrected chi connectivity index (χ1v) is 8.30. The summed E-state index contributed by atoms with van der Waals surface area (Å²) in [5, 5.41) is 18.7. The highest BCUT2D eigenvalue weighted by atomic mass is 16.4. The van der Waals surface area contributed by atoms with E-state index in [1.54, 1.807) is 16.8 Å². The highest BCUT2D eigenvalue weighted by molar-refractivity contribution is 5.81. The Labute approximate surface area is 139 Å². The molecule has 0 amide bonds. The summed E-state index contributed by atoms with van der Waals surface area (Å²) in [6.07, 6.45) is 7.62. The summed E-state index contributed by atoms with van der Waals surface area (Å²) in [5.74, 6) is 0.0675. The number of rotatable bonds is 7. The second-order valence-corrected chi connectivity index (χ2v) is 5.99. The molecule has 0 spiro atoms. The minimum atomic E-state index is -0.442. The molecule has 0 radical (unpaired) electrons. The molecule has 0 aliphatic heterocycles. The molecule has 0 fully saturated rings. The van der Waals surface area contributed by atoms with Gasteiger partial charge in [0.25, 0.3) is 0 Å². The lowest BCUT2D eigenvalue weighted by atomic mass is 10.1. The summed E-state index contributed by atoms with van der Waals surface area (Å²) in [4.78, 5) is 11.7. The van der Waals surface area contributed by atoms with Gasteiger partial charge in [-0.25, -0.2) is 9.48 Å². The van der Waals surface area contributed by atoms with Crippen LogP contribution < -0.4 is 5.63 Å². The largest absolute Gasteiger partial charge is 0.508 e. The number of aryl methyl sites for hydroxylation is 1. The zero-order valence-corrected chi connectivity index (χ0v) is 13.7. The molecule has 3 aromatic rings. The Morgan fingerprint density at radius 3 is 2.92 bits per heavy atom. The third kappa shape index (κ3) is 3.82. The van der Waals surface area contributed by atoms with E-state index in [1.807, 2.05) is 6.20 Å². The van der Waals surface area contributed by atoms with E-state index >= 15 is 0 Å². The Kier molecular flexibility index (Phi) is 4.93. The summed E-state index contributed by atoms with van der Waals surface area (Å²) in [7, 11) is 0. The van der Waals surface area contributed by atoms with Gasteiger partial charge in [0.05, 0.1) is 12.2 Å². The van der Waals surface area contributed by atoms with Gasteiger partial charge in [0.2, 0.25) is 0 Å². The smallest absolute Gasteiger partial charge is 0.336 e. The lowest BCUT2D eigenvalue weighted by Crippen LogP contribution is -2.06. The van der Waals surface area contributed by atoms with Crippen molar-refractivity contribution in [2.75, 3.05) is 0 Å². The van der Waals surface area contributed by atoms with Crippen molar-refractivity contribution in [2.24, 2.45) is 0 Å². The van der Waals surface area contributed by atoms with Crippen molar-refractivity contribution in [3.05, 3.63) is 52.1 Å². The number of phenolic OH excluding ortho intramolecular Hbond substituents is 1. The van der Waals surface area contributed by atoms with Crippen LogP contribution in [0.3, 0.4) is 0 Å². The number of aromatic hydroxyl groups is 1. The van der Waals surface area contributed by atoms with Crippen LogP contribution in [0.25, 0.3) is 11.0 Å². The van der Waals surface area contributed by atoms with E-state index < -0.39 is 5.63 Å². The predicted octanol–water partition coefficient (Wildman–Crippen LogP) is 3.26. The third-order valence-corrected chi connectivity index (χ3v) is 4.02. The van der Waals surface area contributed by atoms with Crippen LogP contribution in [0.1, 0.15) is 43.9 Å². The summed E-state index contributed by atoms with van der Waals surface area (Å²) in [6.45, 7) is 2.63. The first-order valence-electron chi connectivity index (χ1n) is 8.30. The monoisotopic (exact) mass is 327 g/mol. The predicted molar refractivity (Wildman–Crippen MR) is 91.1 cm³/mol. The number of phenols is 1. The zero-order valence-electron chi connectivity index (χ0n) is 13.7. The number of aromatic nitrogens is 3. The molecule has 6 nitrogen and oxygen atoms in total. The van der Waals surface area contributed by atoms with E-state index in [0.717, 1.165) is 29.5 Å². The number of fused-ring (bicyclic) bond motifs is 1. The van der Waals surface area contributed by atoms with E-state index in [9.17, 15) is 9.90 Å². The fourth-order valence-corrected chi connectivity index (χ4v) is 2.79.